The summed E-state index contributed by atoms with van der Waals surface area (Å²) in [4.78, 5) is 11.9. The summed E-state index contributed by atoms with van der Waals surface area (Å²) < 4.78 is 29.5. The molecule has 0 spiro atoms. The number of anilines is 1. The molecular formula is C11H12FN3O3S2. The van der Waals surface area contributed by atoms with Crippen molar-refractivity contribution >= 4 is 34.5 Å². The normalized spacial score (nSPS) is 25.5. The Kier molecular flexibility index (Phi) is 3.35. The van der Waals surface area contributed by atoms with Crippen molar-refractivity contribution in [3.8, 4) is 5.75 Å². The van der Waals surface area contributed by atoms with Crippen LogP contribution in [0.15, 0.2) is 11.0 Å². The second-order valence-electron chi connectivity index (χ2n) is 4.62. The molecule has 0 aromatic heterocycles. The average Bonchev–Trinajstić information content (AvgIpc) is 2.70. The molecule has 2 heterocycles. The summed E-state index contributed by atoms with van der Waals surface area (Å²) in [7, 11) is 0. The number of phenolic OH excluding ortho intramolecular Hbond substituents is 1. The van der Waals surface area contributed by atoms with Crippen molar-refractivity contribution in [3.63, 3.8) is 0 Å². The molecule has 0 saturated carbocycles. The molecule has 1 amide bonds. The lowest BCUT2D eigenvalue weighted by atomic mass is 10.0. The molecule has 1 saturated heterocycles. The molecule has 0 radical (unpaired) electrons. The van der Waals surface area contributed by atoms with Gasteiger partial charge in [0.2, 0.25) is 11.2 Å². The Hall–Kier alpha value is -1.32. The highest BCUT2D eigenvalue weighted by Gasteiger charge is 2.34. The fraction of sp³-hybridized carbons (Fsp3) is 0.364. The van der Waals surface area contributed by atoms with Gasteiger partial charge in [-0.05, 0) is 12.5 Å². The number of rotatable bonds is 1. The van der Waals surface area contributed by atoms with Crippen LogP contribution in [-0.4, -0.2) is 33.6 Å². The molecule has 4 N–H and O–H groups in total. The van der Waals surface area contributed by atoms with E-state index >= 15 is 0 Å². The van der Waals surface area contributed by atoms with Crippen LogP contribution in [0.5, 0.6) is 5.75 Å². The number of hydrogen-bond donors (Lipinski definition) is 3. The van der Waals surface area contributed by atoms with Gasteiger partial charge in [-0.3, -0.25) is 13.8 Å². The first-order valence-electron chi connectivity index (χ1n) is 5.89. The minimum absolute atomic E-state index is 0.164. The van der Waals surface area contributed by atoms with Gasteiger partial charge in [-0.1, -0.05) is 0 Å². The van der Waals surface area contributed by atoms with Crippen LogP contribution in [0, 0.1) is 5.82 Å². The third kappa shape index (κ3) is 2.15. The first kappa shape index (κ1) is 13.7. The first-order chi connectivity index (χ1) is 9.47. The minimum Gasteiger partial charge on any atom is -0.506 e. The van der Waals surface area contributed by atoms with E-state index in [1.807, 2.05) is 0 Å². The van der Waals surface area contributed by atoms with Crippen molar-refractivity contribution in [2.45, 2.75) is 17.4 Å². The average molecular weight is 317 g/mol. The number of carbonyl (C=O) groups excluding carboxylic acids is 1. The summed E-state index contributed by atoms with van der Waals surface area (Å²) in [5.41, 5.74) is 6.01. The molecule has 1 aromatic rings. The highest BCUT2D eigenvalue weighted by Crippen LogP contribution is 2.42. The molecule has 2 unspecified atom stereocenters. The Morgan fingerprint density at radius 3 is 3.00 bits per heavy atom. The van der Waals surface area contributed by atoms with Gasteiger partial charge in [0, 0.05) is 22.3 Å². The van der Waals surface area contributed by atoms with Crippen molar-refractivity contribution in [1.29, 1.82) is 0 Å². The maximum absolute atomic E-state index is 14.6. The van der Waals surface area contributed by atoms with Crippen LogP contribution in [0.3, 0.4) is 0 Å². The van der Waals surface area contributed by atoms with Crippen LogP contribution < -0.4 is 14.8 Å². The van der Waals surface area contributed by atoms with Gasteiger partial charge >= 0.3 is 0 Å². The molecule has 9 heteroatoms. The zero-order valence-corrected chi connectivity index (χ0v) is 11.9. The highest BCUT2D eigenvalue weighted by molar-refractivity contribution is 7.99. The number of thioether (sulfide) groups is 1. The van der Waals surface area contributed by atoms with Crippen LogP contribution in [0.1, 0.15) is 5.56 Å². The summed E-state index contributed by atoms with van der Waals surface area (Å²) in [6.45, 7) is -0.255. The van der Waals surface area contributed by atoms with E-state index in [2.05, 4.69) is 4.72 Å². The number of phenols is 1. The molecule has 3 rings (SSSR count). The van der Waals surface area contributed by atoms with Crippen molar-refractivity contribution in [2.75, 3.05) is 16.6 Å². The SMILES string of the molecule is NC1CSc2cc(O)c(N3CC(=O)NS3=O)c(F)c2C1. The number of nitrogens with two attached hydrogens (primary N) is 1. The molecule has 0 bridgehead atoms. The van der Waals surface area contributed by atoms with E-state index in [9.17, 15) is 18.5 Å². The lowest BCUT2D eigenvalue weighted by molar-refractivity contribution is -0.117. The molecule has 6 nitrogen and oxygen atoms in total. The largest absolute Gasteiger partial charge is 0.506 e. The van der Waals surface area contributed by atoms with E-state index in [1.54, 1.807) is 0 Å². The molecule has 1 fully saturated rings. The molecule has 20 heavy (non-hydrogen) atoms. The highest BCUT2D eigenvalue weighted by atomic mass is 32.2. The van der Waals surface area contributed by atoms with Gasteiger partial charge in [0.15, 0.2) is 5.82 Å². The van der Waals surface area contributed by atoms with E-state index in [0.717, 1.165) is 4.31 Å². The van der Waals surface area contributed by atoms with E-state index < -0.39 is 22.9 Å². The Morgan fingerprint density at radius 2 is 2.35 bits per heavy atom. The first-order valence-corrected chi connectivity index (χ1v) is 7.98. The Balaban J connectivity index is 2.10. The maximum atomic E-state index is 14.6. The number of amides is 1. The Bertz CT molecular complexity index is 625. The molecule has 2 aliphatic rings. The third-order valence-corrected chi connectivity index (χ3v) is 5.52. The van der Waals surface area contributed by atoms with Crippen molar-refractivity contribution in [2.24, 2.45) is 5.73 Å². The van der Waals surface area contributed by atoms with Gasteiger partial charge in [0.05, 0.1) is 0 Å². The second-order valence-corrected chi connectivity index (χ2v) is 6.83. The topological polar surface area (TPSA) is 95.7 Å². The summed E-state index contributed by atoms with van der Waals surface area (Å²) in [6, 6.07) is 1.27. The van der Waals surface area contributed by atoms with Crippen molar-refractivity contribution in [3.05, 3.63) is 17.4 Å². The molecule has 108 valence electrons. The molecule has 1 aromatic carbocycles. The predicted molar refractivity (Wildman–Crippen MR) is 74.1 cm³/mol. The summed E-state index contributed by atoms with van der Waals surface area (Å²) >= 11 is -0.500. The van der Waals surface area contributed by atoms with Crippen molar-refractivity contribution < 1.29 is 18.5 Å². The van der Waals surface area contributed by atoms with E-state index in [0.29, 0.717) is 22.6 Å². The maximum Gasteiger partial charge on any atom is 0.253 e. The van der Waals surface area contributed by atoms with Crippen LogP contribution in [0.4, 0.5) is 10.1 Å². The predicted octanol–water partition coefficient (Wildman–Crippen LogP) is 0.0217. The zero-order valence-electron chi connectivity index (χ0n) is 10.3. The van der Waals surface area contributed by atoms with Gasteiger partial charge in [-0.25, -0.2) is 8.60 Å². The summed E-state index contributed by atoms with van der Waals surface area (Å²) in [5.74, 6) is -0.812. The van der Waals surface area contributed by atoms with E-state index in [4.69, 9.17) is 5.73 Å². The summed E-state index contributed by atoms with van der Waals surface area (Å²) in [5, 5.41) is 9.98. The van der Waals surface area contributed by atoms with Crippen LogP contribution in [0.2, 0.25) is 0 Å². The van der Waals surface area contributed by atoms with Gasteiger partial charge in [-0.15, -0.1) is 11.8 Å². The van der Waals surface area contributed by atoms with Crippen molar-refractivity contribution in [1.82, 2.24) is 4.72 Å². The molecular weight excluding hydrogens is 305 g/mol. The second kappa shape index (κ2) is 4.90. The van der Waals surface area contributed by atoms with Crippen LogP contribution in [0.25, 0.3) is 0 Å². The molecule has 2 aliphatic heterocycles. The Labute approximate surface area is 121 Å². The number of aromatic hydroxyl groups is 1. The van der Waals surface area contributed by atoms with E-state index in [-0.39, 0.29) is 24.0 Å². The molecule has 0 aliphatic carbocycles. The fourth-order valence-corrected chi connectivity index (χ4v) is 4.25. The van der Waals surface area contributed by atoms with Gasteiger partial charge in [0.1, 0.15) is 18.0 Å². The van der Waals surface area contributed by atoms with E-state index in [1.165, 1.54) is 17.8 Å². The lowest BCUT2D eigenvalue weighted by Crippen LogP contribution is -2.30. The van der Waals surface area contributed by atoms with Gasteiger partial charge in [0.25, 0.3) is 5.91 Å². The number of fused-ring (bicyclic) bond motifs is 1. The monoisotopic (exact) mass is 317 g/mol. The third-order valence-electron chi connectivity index (χ3n) is 3.14. The number of carbonyl (C=O) groups is 1. The molecule has 2 atom stereocenters. The summed E-state index contributed by atoms with van der Waals surface area (Å²) in [6.07, 6.45) is 0.350. The number of nitrogens with one attached hydrogen (secondary N) is 1. The van der Waals surface area contributed by atoms with Crippen LogP contribution in [-0.2, 0) is 22.4 Å². The number of nitrogens with zero attached hydrogens (tertiary/aromatic N) is 1. The minimum atomic E-state index is -1.88. The van der Waals surface area contributed by atoms with Gasteiger partial charge < -0.3 is 10.8 Å². The number of halogens is 1. The quantitative estimate of drug-likeness (QED) is 0.679. The fourth-order valence-electron chi connectivity index (χ4n) is 2.25. The zero-order chi connectivity index (χ0) is 14.4. The standard InChI is InChI=1S/C11H12FN3O3S2/c12-10-6-1-5(13)4-19-8(6)2-7(16)11(10)15-3-9(17)14-20(15)18/h2,5,16H,1,3-4,13H2,(H,14,17). The van der Waals surface area contributed by atoms with Gasteiger partial charge in [-0.2, -0.15) is 0 Å². The smallest absolute Gasteiger partial charge is 0.253 e. The lowest BCUT2D eigenvalue weighted by Gasteiger charge is -2.25. The van der Waals surface area contributed by atoms with Crippen LogP contribution >= 0.6 is 11.8 Å². The Morgan fingerprint density at radius 1 is 1.60 bits per heavy atom. The number of benzene rings is 1. The number of hydrogen-bond acceptors (Lipinski definition) is 5.